The summed E-state index contributed by atoms with van der Waals surface area (Å²) < 4.78 is 0.144. The van der Waals surface area contributed by atoms with Gasteiger partial charge >= 0.3 is 0 Å². The summed E-state index contributed by atoms with van der Waals surface area (Å²) in [5.41, 5.74) is 0. The summed E-state index contributed by atoms with van der Waals surface area (Å²) in [7, 11) is 0. The molecule has 0 aromatic carbocycles. The Bertz CT molecular complexity index is 201. The first-order chi connectivity index (χ1) is 8.29. The van der Waals surface area contributed by atoms with Crippen molar-refractivity contribution in [3.63, 3.8) is 0 Å². The number of rotatable bonds is 2. The molecular weight excluding hydrogens is 210 g/mol. The second kappa shape index (κ2) is 6.75. The fourth-order valence-corrected chi connectivity index (χ4v) is 3.64. The molecule has 0 aromatic heterocycles. The van der Waals surface area contributed by atoms with Crippen molar-refractivity contribution in [1.29, 1.82) is 0 Å². The van der Waals surface area contributed by atoms with E-state index in [1.54, 1.807) is 0 Å². The van der Waals surface area contributed by atoms with Crippen molar-refractivity contribution >= 4 is 0 Å². The molecule has 100 valence electrons. The average Bonchev–Trinajstić information content (AvgIpc) is 2.74. The van der Waals surface area contributed by atoms with Crippen molar-refractivity contribution in [1.82, 2.24) is 0 Å². The van der Waals surface area contributed by atoms with Crippen LogP contribution in [0.25, 0.3) is 0 Å². The summed E-state index contributed by atoms with van der Waals surface area (Å²) in [6, 6.07) is 0. The summed E-state index contributed by atoms with van der Waals surface area (Å²) in [6.07, 6.45) is 14.8. The van der Waals surface area contributed by atoms with Gasteiger partial charge in [0.2, 0.25) is 0 Å². The van der Waals surface area contributed by atoms with Gasteiger partial charge in [-0.2, -0.15) is 0 Å². The lowest BCUT2D eigenvalue weighted by Gasteiger charge is -2.41. The fraction of sp³-hybridized carbons (Fsp3) is 1.00. The first-order valence-electron chi connectivity index (χ1n) is 7.86. The van der Waals surface area contributed by atoms with Gasteiger partial charge in [0.25, 0.3) is 0 Å². The second-order valence-electron chi connectivity index (χ2n) is 6.31. The summed E-state index contributed by atoms with van der Waals surface area (Å²) in [5, 5.41) is 12.5. The minimum Gasteiger partial charge on any atom is -0.633 e. The molecule has 0 radical (unpaired) electrons. The average molecular weight is 239 g/mol. The van der Waals surface area contributed by atoms with Crippen LogP contribution in [0.3, 0.4) is 0 Å². The predicted octanol–water partition coefficient (Wildman–Crippen LogP) is 4.24. The Hall–Kier alpha value is -0.0800. The lowest BCUT2D eigenvalue weighted by Crippen LogP contribution is -2.42. The lowest BCUT2D eigenvalue weighted by atomic mass is 9.92. The number of hydroxylamine groups is 3. The topological polar surface area (TPSA) is 23.1 Å². The molecule has 1 saturated heterocycles. The maximum absolute atomic E-state index is 12.5. The van der Waals surface area contributed by atoms with E-state index in [0.717, 1.165) is 38.4 Å². The molecule has 0 N–H and O–H groups in total. The van der Waals surface area contributed by atoms with E-state index in [9.17, 15) is 5.21 Å². The fourth-order valence-electron chi connectivity index (χ4n) is 3.64. The maximum Gasteiger partial charge on any atom is 0.0812 e. The van der Waals surface area contributed by atoms with Crippen molar-refractivity contribution < 1.29 is 4.65 Å². The highest BCUT2D eigenvalue weighted by Crippen LogP contribution is 2.27. The highest BCUT2D eigenvalue weighted by Gasteiger charge is 2.26. The standard InChI is InChI=1S/C15H29NO/c17-16(12-8-9-13-16)14-15-10-6-4-2-1-3-5-7-11-15/h15H,1-14H2. The van der Waals surface area contributed by atoms with Crippen molar-refractivity contribution in [2.75, 3.05) is 19.6 Å². The van der Waals surface area contributed by atoms with Gasteiger partial charge in [-0.15, -0.1) is 0 Å². The van der Waals surface area contributed by atoms with Gasteiger partial charge in [-0.1, -0.05) is 44.9 Å². The van der Waals surface area contributed by atoms with Crippen molar-refractivity contribution in [2.45, 2.75) is 70.6 Å². The molecule has 0 bridgehead atoms. The summed E-state index contributed by atoms with van der Waals surface area (Å²) in [4.78, 5) is 0. The Kier molecular flexibility index (Phi) is 5.30. The van der Waals surface area contributed by atoms with E-state index in [4.69, 9.17) is 0 Å². The molecule has 2 nitrogen and oxygen atoms in total. The zero-order valence-electron chi connectivity index (χ0n) is 11.3. The minimum absolute atomic E-state index is 0.144. The number of likely N-dealkylation sites (tertiary alicyclic amines) is 1. The molecular formula is C15H29NO. The summed E-state index contributed by atoms with van der Waals surface area (Å²) in [5.74, 6) is 0.726. The van der Waals surface area contributed by atoms with Crippen LogP contribution < -0.4 is 0 Å². The van der Waals surface area contributed by atoms with E-state index in [-0.39, 0.29) is 4.65 Å². The van der Waals surface area contributed by atoms with Crippen molar-refractivity contribution in [2.24, 2.45) is 5.92 Å². The normalized spacial score (nSPS) is 28.1. The molecule has 2 rings (SSSR count). The zero-order valence-corrected chi connectivity index (χ0v) is 11.3. The first kappa shape index (κ1) is 13.4. The van der Waals surface area contributed by atoms with Crippen LogP contribution in [0.4, 0.5) is 0 Å². The Balaban J connectivity index is 1.79. The quantitative estimate of drug-likeness (QED) is 0.522. The van der Waals surface area contributed by atoms with Crippen LogP contribution in [-0.2, 0) is 0 Å². The van der Waals surface area contributed by atoms with Crippen LogP contribution in [-0.4, -0.2) is 24.3 Å². The van der Waals surface area contributed by atoms with E-state index in [1.807, 2.05) is 0 Å². The summed E-state index contributed by atoms with van der Waals surface area (Å²) in [6.45, 7) is 2.73. The van der Waals surface area contributed by atoms with Crippen LogP contribution in [0.15, 0.2) is 0 Å². The lowest BCUT2D eigenvalue weighted by molar-refractivity contribution is -0.871. The Morgan fingerprint density at radius 3 is 1.71 bits per heavy atom. The summed E-state index contributed by atoms with van der Waals surface area (Å²) >= 11 is 0. The van der Waals surface area contributed by atoms with Gasteiger partial charge in [0.15, 0.2) is 0 Å². The van der Waals surface area contributed by atoms with Gasteiger partial charge in [-0.3, -0.25) is 0 Å². The van der Waals surface area contributed by atoms with Gasteiger partial charge < -0.3 is 9.85 Å². The largest absolute Gasteiger partial charge is 0.633 e. The van der Waals surface area contributed by atoms with E-state index in [1.165, 1.54) is 57.8 Å². The number of quaternary nitrogens is 1. The molecule has 1 heterocycles. The molecule has 1 aliphatic carbocycles. The molecule has 1 saturated carbocycles. The Morgan fingerprint density at radius 2 is 1.18 bits per heavy atom. The highest BCUT2D eigenvalue weighted by molar-refractivity contribution is 4.65. The third-order valence-corrected chi connectivity index (χ3v) is 4.70. The Labute approximate surface area is 107 Å². The predicted molar refractivity (Wildman–Crippen MR) is 72.5 cm³/mol. The van der Waals surface area contributed by atoms with E-state index in [0.29, 0.717) is 0 Å². The van der Waals surface area contributed by atoms with Crippen LogP contribution >= 0.6 is 0 Å². The van der Waals surface area contributed by atoms with Crippen molar-refractivity contribution in [3.8, 4) is 0 Å². The molecule has 0 aromatic rings. The molecule has 2 heteroatoms. The first-order valence-corrected chi connectivity index (χ1v) is 7.86. The molecule has 0 amide bonds. The third-order valence-electron chi connectivity index (χ3n) is 4.70. The third kappa shape index (κ3) is 4.59. The second-order valence-corrected chi connectivity index (χ2v) is 6.31. The molecule has 2 fully saturated rings. The maximum atomic E-state index is 12.5. The smallest absolute Gasteiger partial charge is 0.0812 e. The molecule has 0 unspecified atom stereocenters. The van der Waals surface area contributed by atoms with Gasteiger partial charge in [0.1, 0.15) is 0 Å². The molecule has 2 aliphatic rings. The van der Waals surface area contributed by atoms with E-state index < -0.39 is 0 Å². The van der Waals surface area contributed by atoms with Gasteiger partial charge in [0.05, 0.1) is 19.6 Å². The molecule has 17 heavy (non-hydrogen) atoms. The van der Waals surface area contributed by atoms with E-state index >= 15 is 0 Å². The van der Waals surface area contributed by atoms with Crippen LogP contribution in [0, 0.1) is 11.1 Å². The van der Waals surface area contributed by atoms with Crippen LogP contribution in [0.2, 0.25) is 0 Å². The monoisotopic (exact) mass is 239 g/mol. The minimum atomic E-state index is 0.144. The van der Waals surface area contributed by atoms with Gasteiger partial charge in [-0.25, -0.2) is 0 Å². The zero-order chi connectivity index (χ0) is 12.0. The SMILES string of the molecule is [O-][N+]1(CC2CCCCCCCCC2)CCCC1. The van der Waals surface area contributed by atoms with Gasteiger partial charge in [0, 0.05) is 18.8 Å². The number of hydrogen-bond acceptors (Lipinski definition) is 1. The van der Waals surface area contributed by atoms with E-state index in [2.05, 4.69) is 0 Å². The van der Waals surface area contributed by atoms with Crippen LogP contribution in [0.1, 0.15) is 70.6 Å². The number of nitrogens with zero attached hydrogens (tertiary/aromatic N) is 1. The molecule has 0 atom stereocenters. The highest BCUT2D eigenvalue weighted by atomic mass is 16.5. The molecule has 0 spiro atoms. The van der Waals surface area contributed by atoms with Gasteiger partial charge in [-0.05, 0) is 12.8 Å². The van der Waals surface area contributed by atoms with Crippen molar-refractivity contribution in [3.05, 3.63) is 5.21 Å². The van der Waals surface area contributed by atoms with Crippen LogP contribution in [0.5, 0.6) is 0 Å². The Morgan fingerprint density at radius 1 is 0.706 bits per heavy atom. The number of hydrogen-bond donors (Lipinski definition) is 0. The molecule has 1 aliphatic heterocycles.